The Bertz CT molecular complexity index is 327. The van der Waals surface area contributed by atoms with Gasteiger partial charge in [0.2, 0.25) is 0 Å². The SMILES string of the molecule is O=C(O)CCCCCCC(=O)c1ccoc1. The lowest BCUT2D eigenvalue weighted by Gasteiger charge is -1.98. The fourth-order valence-corrected chi connectivity index (χ4v) is 1.48. The summed E-state index contributed by atoms with van der Waals surface area (Å²) < 4.78 is 4.82. The summed E-state index contributed by atoms with van der Waals surface area (Å²) in [5.41, 5.74) is 0.616. The molecule has 1 N–H and O–H groups in total. The number of carbonyl (C=O) groups is 2. The van der Waals surface area contributed by atoms with Crippen molar-refractivity contribution < 1.29 is 19.1 Å². The molecule has 0 atom stereocenters. The molecule has 0 aliphatic carbocycles. The Morgan fingerprint density at radius 1 is 1.12 bits per heavy atom. The van der Waals surface area contributed by atoms with Gasteiger partial charge >= 0.3 is 5.97 Å². The van der Waals surface area contributed by atoms with E-state index in [1.54, 1.807) is 6.07 Å². The molecule has 0 radical (unpaired) electrons. The zero-order valence-corrected chi connectivity index (χ0v) is 9.15. The maximum Gasteiger partial charge on any atom is 0.303 e. The van der Waals surface area contributed by atoms with Crippen LogP contribution in [-0.4, -0.2) is 16.9 Å². The average Bonchev–Trinajstić information content (AvgIpc) is 2.75. The predicted molar refractivity (Wildman–Crippen MR) is 58.4 cm³/mol. The van der Waals surface area contributed by atoms with Gasteiger partial charge in [-0.15, -0.1) is 0 Å². The van der Waals surface area contributed by atoms with Crippen LogP contribution >= 0.6 is 0 Å². The van der Waals surface area contributed by atoms with Crippen LogP contribution in [0.15, 0.2) is 23.0 Å². The van der Waals surface area contributed by atoms with E-state index in [0.29, 0.717) is 18.4 Å². The number of rotatable bonds is 8. The first-order valence-corrected chi connectivity index (χ1v) is 5.47. The molecule has 0 unspecified atom stereocenters. The molecule has 4 heteroatoms. The standard InChI is InChI=1S/C12H16O4/c13-11(10-7-8-16-9-10)5-3-1-2-4-6-12(14)15/h7-9H,1-6H2,(H,14,15). The lowest BCUT2D eigenvalue weighted by Crippen LogP contribution is -1.97. The first-order chi connectivity index (χ1) is 7.70. The summed E-state index contributed by atoms with van der Waals surface area (Å²) in [6.45, 7) is 0. The zero-order valence-electron chi connectivity index (χ0n) is 9.15. The topological polar surface area (TPSA) is 67.5 Å². The molecule has 0 fully saturated rings. The molecular weight excluding hydrogens is 208 g/mol. The van der Waals surface area contributed by atoms with Gasteiger partial charge in [0.15, 0.2) is 5.78 Å². The Balaban J connectivity index is 2.03. The molecule has 0 bridgehead atoms. The summed E-state index contributed by atoms with van der Waals surface area (Å²) >= 11 is 0. The van der Waals surface area contributed by atoms with Crippen molar-refractivity contribution in [2.75, 3.05) is 0 Å². The second kappa shape index (κ2) is 6.82. The Kier molecular flexibility index (Phi) is 5.32. The lowest BCUT2D eigenvalue weighted by atomic mass is 10.1. The number of ketones is 1. The van der Waals surface area contributed by atoms with E-state index >= 15 is 0 Å². The van der Waals surface area contributed by atoms with Crippen LogP contribution in [0, 0.1) is 0 Å². The highest BCUT2D eigenvalue weighted by Gasteiger charge is 2.06. The summed E-state index contributed by atoms with van der Waals surface area (Å²) in [5, 5.41) is 8.42. The molecule has 1 aromatic rings. The van der Waals surface area contributed by atoms with Crippen LogP contribution in [0.4, 0.5) is 0 Å². The number of furan rings is 1. The van der Waals surface area contributed by atoms with E-state index in [4.69, 9.17) is 9.52 Å². The Morgan fingerprint density at radius 2 is 1.81 bits per heavy atom. The molecule has 1 heterocycles. The third-order valence-electron chi connectivity index (χ3n) is 2.39. The predicted octanol–water partition coefficient (Wildman–Crippen LogP) is 2.89. The van der Waals surface area contributed by atoms with E-state index < -0.39 is 5.97 Å². The summed E-state index contributed by atoms with van der Waals surface area (Å²) in [6.07, 6.45) is 6.93. The van der Waals surface area contributed by atoms with Gasteiger partial charge in [-0.2, -0.15) is 0 Å². The van der Waals surface area contributed by atoms with Gasteiger partial charge in [-0.3, -0.25) is 9.59 Å². The van der Waals surface area contributed by atoms with Crippen molar-refractivity contribution in [2.45, 2.75) is 38.5 Å². The third-order valence-corrected chi connectivity index (χ3v) is 2.39. The molecule has 0 aromatic carbocycles. The Hall–Kier alpha value is -1.58. The van der Waals surface area contributed by atoms with E-state index in [0.717, 1.165) is 19.3 Å². The van der Waals surface area contributed by atoms with Crippen LogP contribution in [0.3, 0.4) is 0 Å². The van der Waals surface area contributed by atoms with Crippen molar-refractivity contribution in [3.05, 3.63) is 24.2 Å². The normalized spacial score (nSPS) is 10.2. The number of hydrogen-bond donors (Lipinski definition) is 1. The van der Waals surface area contributed by atoms with Crippen molar-refractivity contribution in [1.82, 2.24) is 0 Å². The molecule has 0 saturated carbocycles. The van der Waals surface area contributed by atoms with Gasteiger partial charge in [0.05, 0.1) is 11.8 Å². The third kappa shape index (κ3) is 4.77. The van der Waals surface area contributed by atoms with Crippen LogP contribution in [0.2, 0.25) is 0 Å². The maximum atomic E-state index is 11.5. The number of carboxylic acid groups (broad SMARTS) is 1. The van der Waals surface area contributed by atoms with Gasteiger partial charge in [-0.05, 0) is 18.9 Å². The molecule has 0 aliphatic heterocycles. The largest absolute Gasteiger partial charge is 0.481 e. The van der Waals surface area contributed by atoms with E-state index in [1.165, 1.54) is 12.5 Å². The van der Waals surface area contributed by atoms with Gasteiger partial charge in [-0.1, -0.05) is 12.8 Å². The Morgan fingerprint density at radius 3 is 2.38 bits per heavy atom. The van der Waals surface area contributed by atoms with Gasteiger partial charge in [0.25, 0.3) is 0 Å². The monoisotopic (exact) mass is 224 g/mol. The van der Waals surface area contributed by atoms with Crippen molar-refractivity contribution in [2.24, 2.45) is 0 Å². The van der Waals surface area contributed by atoms with Crippen LogP contribution in [0.5, 0.6) is 0 Å². The molecule has 88 valence electrons. The van der Waals surface area contributed by atoms with Crippen LogP contribution in [0.25, 0.3) is 0 Å². The number of carboxylic acids is 1. The van der Waals surface area contributed by atoms with E-state index in [1.807, 2.05) is 0 Å². The quantitative estimate of drug-likeness (QED) is 0.544. The summed E-state index contributed by atoms with van der Waals surface area (Å²) in [6, 6.07) is 1.66. The van der Waals surface area contributed by atoms with Gasteiger partial charge in [-0.25, -0.2) is 0 Å². The lowest BCUT2D eigenvalue weighted by molar-refractivity contribution is -0.137. The van der Waals surface area contributed by atoms with Crippen LogP contribution in [-0.2, 0) is 4.79 Å². The fraction of sp³-hybridized carbons (Fsp3) is 0.500. The molecule has 0 spiro atoms. The molecule has 1 rings (SSSR count). The number of carbonyl (C=O) groups excluding carboxylic acids is 1. The minimum absolute atomic E-state index is 0.0898. The number of unbranched alkanes of at least 4 members (excludes halogenated alkanes) is 3. The smallest absolute Gasteiger partial charge is 0.303 e. The van der Waals surface area contributed by atoms with Gasteiger partial charge in [0, 0.05) is 12.8 Å². The minimum Gasteiger partial charge on any atom is -0.481 e. The first kappa shape index (κ1) is 12.5. The summed E-state index contributed by atoms with van der Waals surface area (Å²) in [7, 11) is 0. The zero-order chi connectivity index (χ0) is 11.8. The minimum atomic E-state index is -0.755. The van der Waals surface area contributed by atoms with Crippen molar-refractivity contribution in [1.29, 1.82) is 0 Å². The molecule has 0 amide bonds. The van der Waals surface area contributed by atoms with Crippen molar-refractivity contribution in [3.8, 4) is 0 Å². The number of Topliss-reactive ketones (excluding diaryl/α,β-unsaturated/α-hetero) is 1. The van der Waals surface area contributed by atoms with Crippen LogP contribution < -0.4 is 0 Å². The van der Waals surface area contributed by atoms with E-state index in [2.05, 4.69) is 0 Å². The Labute approximate surface area is 94.3 Å². The molecule has 1 aromatic heterocycles. The van der Waals surface area contributed by atoms with Gasteiger partial charge in [0.1, 0.15) is 6.26 Å². The molecule has 4 nitrogen and oxygen atoms in total. The number of aliphatic carboxylic acids is 1. The summed E-state index contributed by atoms with van der Waals surface area (Å²) in [5.74, 6) is -0.665. The van der Waals surface area contributed by atoms with E-state index in [9.17, 15) is 9.59 Å². The number of hydrogen-bond acceptors (Lipinski definition) is 3. The highest BCUT2D eigenvalue weighted by atomic mass is 16.4. The van der Waals surface area contributed by atoms with Crippen LogP contribution in [0.1, 0.15) is 48.9 Å². The maximum absolute atomic E-state index is 11.5. The second-order valence-corrected chi connectivity index (χ2v) is 3.74. The van der Waals surface area contributed by atoms with Gasteiger partial charge < -0.3 is 9.52 Å². The molecule has 16 heavy (non-hydrogen) atoms. The molecule has 0 aliphatic rings. The highest BCUT2D eigenvalue weighted by Crippen LogP contribution is 2.10. The van der Waals surface area contributed by atoms with E-state index in [-0.39, 0.29) is 12.2 Å². The summed E-state index contributed by atoms with van der Waals surface area (Å²) in [4.78, 5) is 21.7. The molecule has 0 saturated heterocycles. The van der Waals surface area contributed by atoms with Crippen molar-refractivity contribution in [3.63, 3.8) is 0 Å². The fourth-order valence-electron chi connectivity index (χ4n) is 1.48. The second-order valence-electron chi connectivity index (χ2n) is 3.74. The molecular formula is C12H16O4. The first-order valence-electron chi connectivity index (χ1n) is 5.47. The van der Waals surface area contributed by atoms with Crippen molar-refractivity contribution >= 4 is 11.8 Å². The average molecular weight is 224 g/mol. The highest BCUT2D eigenvalue weighted by molar-refractivity contribution is 5.95.